The standard InChI is InChI=1S/C18H24N6O/c1-22-11-14(10-20-18(22)25)12-23-8-5-16(6-9-23)24(15-2-3-15)17-4-7-19-13-21-17/h4,7,10-11,13,15-16H,2-3,5-6,8-9,12H2,1H3. The number of aromatic nitrogens is 4. The van der Waals surface area contributed by atoms with E-state index in [-0.39, 0.29) is 5.69 Å². The van der Waals surface area contributed by atoms with Gasteiger partial charge in [0.25, 0.3) is 0 Å². The molecule has 0 unspecified atom stereocenters. The molecule has 0 amide bonds. The van der Waals surface area contributed by atoms with Gasteiger partial charge in [-0.15, -0.1) is 0 Å². The molecule has 1 aliphatic carbocycles. The molecule has 2 aliphatic rings. The number of aryl methyl sites for hydroxylation is 1. The van der Waals surface area contributed by atoms with E-state index in [0.29, 0.717) is 12.1 Å². The van der Waals surface area contributed by atoms with Crippen molar-refractivity contribution >= 4 is 5.82 Å². The van der Waals surface area contributed by atoms with Gasteiger partial charge in [0, 0.05) is 62.9 Å². The van der Waals surface area contributed by atoms with E-state index in [9.17, 15) is 4.79 Å². The zero-order chi connectivity index (χ0) is 17.2. The monoisotopic (exact) mass is 340 g/mol. The molecule has 1 saturated heterocycles. The lowest BCUT2D eigenvalue weighted by molar-refractivity contribution is 0.200. The van der Waals surface area contributed by atoms with Crippen LogP contribution in [0, 0.1) is 0 Å². The van der Waals surface area contributed by atoms with Gasteiger partial charge in [-0.1, -0.05) is 0 Å². The van der Waals surface area contributed by atoms with Gasteiger partial charge < -0.3 is 9.47 Å². The summed E-state index contributed by atoms with van der Waals surface area (Å²) in [5.41, 5.74) is 0.891. The van der Waals surface area contributed by atoms with E-state index in [1.54, 1.807) is 24.1 Å². The molecule has 0 bridgehead atoms. The van der Waals surface area contributed by atoms with Crippen LogP contribution in [0.4, 0.5) is 5.82 Å². The number of likely N-dealkylation sites (tertiary alicyclic amines) is 1. The minimum absolute atomic E-state index is 0.201. The molecule has 0 aromatic carbocycles. The second kappa shape index (κ2) is 6.92. The molecule has 4 rings (SSSR count). The predicted molar refractivity (Wildman–Crippen MR) is 95.3 cm³/mol. The molecule has 132 valence electrons. The fourth-order valence-corrected chi connectivity index (χ4v) is 3.72. The van der Waals surface area contributed by atoms with E-state index >= 15 is 0 Å². The summed E-state index contributed by atoms with van der Waals surface area (Å²) in [5, 5.41) is 0. The summed E-state index contributed by atoms with van der Waals surface area (Å²) in [6, 6.07) is 3.23. The van der Waals surface area contributed by atoms with Crippen molar-refractivity contribution in [2.24, 2.45) is 7.05 Å². The molecule has 2 fully saturated rings. The van der Waals surface area contributed by atoms with Crippen molar-refractivity contribution in [2.75, 3.05) is 18.0 Å². The van der Waals surface area contributed by atoms with Gasteiger partial charge in [-0.05, 0) is 31.7 Å². The van der Waals surface area contributed by atoms with Crippen LogP contribution in [0.15, 0.2) is 35.8 Å². The second-order valence-corrected chi connectivity index (χ2v) is 7.07. The van der Waals surface area contributed by atoms with Crippen LogP contribution in [0.1, 0.15) is 31.2 Å². The van der Waals surface area contributed by atoms with Crippen LogP contribution >= 0.6 is 0 Å². The molecule has 0 N–H and O–H groups in total. The Labute approximate surface area is 147 Å². The third kappa shape index (κ3) is 3.71. The second-order valence-electron chi connectivity index (χ2n) is 7.07. The van der Waals surface area contributed by atoms with Gasteiger partial charge in [0.1, 0.15) is 12.1 Å². The zero-order valence-electron chi connectivity index (χ0n) is 14.6. The van der Waals surface area contributed by atoms with Gasteiger partial charge in [0.05, 0.1) is 0 Å². The first-order chi connectivity index (χ1) is 12.2. The Morgan fingerprint density at radius 2 is 1.92 bits per heavy atom. The minimum Gasteiger partial charge on any atom is -0.350 e. The summed E-state index contributed by atoms with van der Waals surface area (Å²) < 4.78 is 1.55. The van der Waals surface area contributed by atoms with Crippen LogP contribution in [0.2, 0.25) is 0 Å². The highest BCUT2D eigenvalue weighted by Gasteiger charge is 2.36. The van der Waals surface area contributed by atoms with Crippen molar-refractivity contribution in [1.82, 2.24) is 24.4 Å². The molecule has 25 heavy (non-hydrogen) atoms. The third-order valence-electron chi connectivity index (χ3n) is 5.13. The molecule has 3 heterocycles. The fourth-order valence-electron chi connectivity index (χ4n) is 3.72. The number of rotatable bonds is 5. The molecule has 0 spiro atoms. The smallest absolute Gasteiger partial charge is 0.347 e. The predicted octanol–water partition coefficient (Wildman–Crippen LogP) is 1.20. The summed E-state index contributed by atoms with van der Waals surface area (Å²) in [4.78, 5) is 28.8. The average Bonchev–Trinajstić information content (AvgIpc) is 3.46. The molecule has 1 aliphatic heterocycles. The van der Waals surface area contributed by atoms with Crippen molar-refractivity contribution in [1.29, 1.82) is 0 Å². The van der Waals surface area contributed by atoms with Crippen molar-refractivity contribution < 1.29 is 0 Å². The molecule has 7 heteroatoms. The lowest BCUT2D eigenvalue weighted by atomic mass is 10.0. The molecule has 2 aromatic rings. The van der Waals surface area contributed by atoms with E-state index in [4.69, 9.17) is 0 Å². The van der Waals surface area contributed by atoms with Crippen LogP contribution < -0.4 is 10.6 Å². The fraction of sp³-hybridized carbons (Fsp3) is 0.556. The van der Waals surface area contributed by atoms with Crippen LogP contribution in [-0.2, 0) is 13.6 Å². The Morgan fingerprint density at radius 1 is 1.16 bits per heavy atom. The highest BCUT2D eigenvalue weighted by molar-refractivity contribution is 5.41. The highest BCUT2D eigenvalue weighted by atomic mass is 16.1. The third-order valence-corrected chi connectivity index (χ3v) is 5.13. The van der Waals surface area contributed by atoms with Crippen LogP contribution in [0.5, 0.6) is 0 Å². The van der Waals surface area contributed by atoms with E-state index < -0.39 is 0 Å². The van der Waals surface area contributed by atoms with Gasteiger partial charge in [0.2, 0.25) is 0 Å². The molecular weight excluding hydrogens is 316 g/mol. The first-order valence-electron chi connectivity index (χ1n) is 8.99. The topological polar surface area (TPSA) is 67.2 Å². The average molecular weight is 340 g/mol. The Balaban J connectivity index is 1.39. The van der Waals surface area contributed by atoms with Crippen LogP contribution in [0.3, 0.4) is 0 Å². The molecule has 1 saturated carbocycles. The van der Waals surface area contributed by atoms with E-state index in [1.807, 2.05) is 18.5 Å². The Bertz CT molecular complexity index is 765. The number of piperidine rings is 1. The van der Waals surface area contributed by atoms with Gasteiger partial charge in [0.15, 0.2) is 0 Å². The maximum Gasteiger partial charge on any atom is 0.347 e. The first kappa shape index (κ1) is 16.2. The molecule has 2 aromatic heterocycles. The Morgan fingerprint density at radius 3 is 2.56 bits per heavy atom. The largest absolute Gasteiger partial charge is 0.350 e. The van der Waals surface area contributed by atoms with E-state index in [0.717, 1.165) is 43.9 Å². The Hall–Kier alpha value is -2.28. The van der Waals surface area contributed by atoms with Crippen molar-refractivity contribution in [2.45, 2.75) is 44.3 Å². The zero-order valence-corrected chi connectivity index (χ0v) is 14.6. The SMILES string of the molecule is Cn1cc(CN2CCC(N(c3ccncn3)C3CC3)CC2)cnc1=O. The normalized spacial score (nSPS) is 19.1. The summed E-state index contributed by atoms with van der Waals surface area (Å²) in [5.74, 6) is 1.07. The number of nitrogens with zero attached hydrogens (tertiary/aromatic N) is 6. The summed E-state index contributed by atoms with van der Waals surface area (Å²) >= 11 is 0. The van der Waals surface area contributed by atoms with Crippen LogP contribution in [-0.4, -0.2) is 49.6 Å². The first-order valence-corrected chi connectivity index (χ1v) is 8.99. The number of hydrogen-bond donors (Lipinski definition) is 0. The lowest BCUT2D eigenvalue weighted by Gasteiger charge is -2.39. The van der Waals surface area contributed by atoms with Crippen molar-refractivity contribution in [3.63, 3.8) is 0 Å². The number of hydrogen-bond acceptors (Lipinski definition) is 6. The van der Waals surface area contributed by atoms with Gasteiger partial charge in [-0.25, -0.2) is 19.7 Å². The maximum atomic E-state index is 11.4. The van der Waals surface area contributed by atoms with E-state index in [1.165, 1.54) is 12.8 Å². The van der Waals surface area contributed by atoms with Gasteiger partial charge in [-0.2, -0.15) is 0 Å². The summed E-state index contributed by atoms with van der Waals surface area (Å²) in [7, 11) is 1.75. The van der Waals surface area contributed by atoms with Gasteiger partial charge >= 0.3 is 5.69 Å². The summed E-state index contributed by atoms with van der Waals surface area (Å²) in [6.45, 7) is 2.97. The molecule has 7 nitrogen and oxygen atoms in total. The maximum absolute atomic E-state index is 11.4. The van der Waals surface area contributed by atoms with Gasteiger partial charge in [-0.3, -0.25) is 4.90 Å². The summed E-state index contributed by atoms with van der Waals surface area (Å²) in [6.07, 6.45) is 11.9. The Kier molecular flexibility index (Phi) is 4.48. The minimum atomic E-state index is -0.201. The lowest BCUT2D eigenvalue weighted by Crippen LogP contribution is -2.46. The molecular formula is C18H24N6O. The quantitative estimate of drug-likeness (QED) is 0.815. The van der Waals surface area contributed by atoms with Crippen LogP contribution in [0.25, 0.3) is 0 Å². The molecule has 0 atom stereocenters. The van der Waals surface area contributed by atoms with Crippen molar-refractivity contribution in [3.05, 3.63) is 47.0 Å². The number of anilines is 1. The van der Waals surface area contributed by atoms with Crippen molar-refractivity contribution in [3.8, 4) is 0 Å². The van der Waals surface area contributed by atoms with E-state index in [2.05, 4.69) is 24.8 Å². The molecule has 0 radical (unpaired) electrons. The highest BCUT2D eigenvalue weighted by Crippen LogP contribution is 2.35.